The summed E-state index contributed by atoms with van der Waals surface area (Å²) in [6, 6.07) is 5.19. The summed E-state index contributed by atoms with van der Waals surface area (Å²) in [7, 11) is 0. The number of anilines is 1. The van der Waals surface area contributed by atoms with Crippen molar-refractivity contribution in [2.75, 3.05) is 18.4 Å². The van der Waals surface area contributed by atoms with E-state index in [0.717, 1.165) is 14.7 Å². The van der Waals surface area contributed by atoms with Crippen molar-refractivity contribution in [3.05, 3.63) is 22.7 Å². The molecule has 20 heavy (non-hydrogen) atoms. The number of carbonyl (C=O) groups excluding carboxylic acids is 2. The van der Waals surface area contributed by atoms with Gasteiger partial charge in [-0.25, -0.2) is 9.78 Å². The third-order valence-corrected chi connectivity index (χ3v) is 4.39. The number of carbonyl (C=O) groups is 2. The van der Waals surface area contributed by atoms with E-state index in [1.807, 2.05) is 18.2 Å². The van der Waals surface area contributed by atoms with E-state index in [1.54, 1.807) is 0 Å². The molecule has 102 valence electrons. The number of fused-ring (bicyclic) bond motifs is 1. The first-order chi connectivity index (χ1) is 9.65. The SMILES string of the molecule is C#CCN(CC=O)C(=O)Nc1nc2cccc(Br)c2s1. The van der Waals surface area contributed by atoms with E-state index in [2.05, 4.69) is 32.2 Å². The van der Waals surface area contributed by atoms with Crippen LogP contribution < -0.4 is 5.32 Å². The van der Waals surface area contributed by atoms with Gasteiger partial charge in [0.15, 0.2) is 5.13 Å². The first kappa shape index (κ1) is 14.5. The van der Waals surface area contributed by atoms with Gasteiger partial charge in [-0.05, 0) is 28.1 Å². The van der Waals surface area contributed by atoms with Crippen molar-refractivity contribution in [1.29, 1.82) is 0 Å². The fourth-order valence-electron chi connectivity index (χ4n) is 1.56. The van der Waals surface area contributed by atoms with E-state index >= 15 is 0 Å². The summed E-state index contributed by atoms with van der Waals surface area (Å²) in [5, 5.41) is 3.11. The lowest BCUT2D eigenvalue weighted by molar-refractivity contribution is -0.108. The van der Waals surface area contributed by atoms with Gasteiger partial charge in [0, 0.05) is 4.47 Å². The first-order valence-electron chi connectivity index (χ1n) is 5.63. The molecule has 0 fully saturated rings. The van der Waals surface area contributed by atoms with Crippen molar-refractivity contribution in [1.82, 2.24) is 9.88 Å². The number of hydrogen-bond acceptors (Lipinski definition) is 4. The van der Waals surface area contributed by atoms with E-state index in [1.165, 1.54) is 16.2 Å². The summed E-state index contributed by atoms with van der Waals surface area (Å²) in [5.41, 5.74) is 0.790. The van der Waals surface area contributed by atoms with Crippen LogP contribution in [-0.4, -0.2) is 35.3 Å². The minimum atomic E-state index is -0.440. The standard InChI is InChI=1S/C13H10BrN3O2S/c1-2-6-17(7-8-18)13(19)16-12-15-10-5-3-4-9(14)11(10)20-12/h1,3-5,8H,6-7H2,(H,15,16,19). The molecule has 0 radical (unpaired) electrons. The molecule has 2 amide bonds. The summed E-state index contributed by atoms with van der Waals surface area (Å²) in [4.78, 5) is 28.0. The van der Waals surface area contributed by atoms with E-state index in [4.69, 9.17) is 6.42 Å². The predicted octanol–water partition coefficient (Wildman–Crippen LogP) is 2.72. The topological polar surface area (TPSA) is 62.3 Å². The lowest BCUT2D eigenvalue weighted by Crippen LogP contribution is -2.36. The number of aromatic nitrogens is 1. The van der Waals surface area contributed by atoms with Crippen molar-refractivity contribution in [3.8, 4) is 12.3 Å². The average molecular weight is 352 g/mol. The van der Waals surface area contributed by atoms with E-state index in [-0.39, 0.29) is 13.1 Å². The maximum atomic E-state index is 12.0. The maximum absolute atomic E-state index is 12.0. The van der Waals surface area contributed by atoms with E-state index in [9.17, 15) is 9.59 Å². The first-order valence-corrected chi connectivity index (χ1v) is 7.24. The van der Waals surface area contributed by atoms with E-state index in [0.29, 0.717) is 11.4 Å². The van der Waals surface area contributed by atoms with Gasteiger partial charge in [0.1, 0.15) is 6.29 Å². The van der Waals surface area contributed by atoms with Crippen LogP contribution in [0, 0.1) is 12.3 Å². The molecule has 0 aliphatic rings. The minimum absolute atomic E-state index is 0.0510. The van der Waals surface area contributed by atoms with Gasteiger partial charge in [-0.15, -0.1) is 6.42 Å². The molecule has 1 heterocycles. The third kappa shape index (κ3) is 3.15. The Labute approximate surface area is 128 Å². The maximum Gasteiger partial charge on any atom is 0.324 e. The molecule has 1 aromatic carbocycles. The largest absolute Gasteiger partial charge is 0.324 e. The molecular formula is C13H10BrN3O2S. The second kappa shape index (κ2) is 6.50. The van der Waals surface area contributed by atoms with Gasteiger partial charge in [-0.2, -0.15) is 0 Å². The number of aldehydes is 1. The second-order valence-corrected chi connectivity index (χ2v) is 5.64. The molecule has 0 aliphatic heterocycles. The highest BCUT2D eigenvalue weighted by Gasteiger charge is 2.14. The Morgan fingerprint density at radius 3 is 3.05 bits per heavy atom. The lowest BCUT2D eigenvalue weighted by atomic mass is 10.3. The molecule has 0 aliphatic carbocycles. The number of rotatable bonds is 4. The molecule has 0 unspecified atom stereocenters. The van der Waals surface area contributed by atoms with Crippen LogP contribution in [0.25, 0.3) is 10.2 Å². The van der Waals surface area contributed by atoms with Crippen LogP contribution >= 0.6 is 27.3 Å². The van der Waals surface area contributed by atoms with Crippen LogP contribution in [0.4, 0.5) is 9.93 Å². The number of terminal acetylenes is 1. The Balaban J connectivity index is 2.19. The number of benzene rings is 1. The number of urea groups is 1. The van der Waals surface area contributed by atoms with Gasteiger partial charge >= 0.3 is 6.03 Å². The van der Waals surface area contributed by atoms with Crippen molar-refractivity contribution < 1.29 is 9.59 Å². The van der Waals surface area contributed by atoms with Crippen LogP contribution in [0.5, 0.6) is 0 Å². The highest BCUT2D eigenvalue weighted by atomic mass is 79.9. The number of halogens is 1. The molecule has 2 rings (SSSR count). The van der Waals surface area contributed by atoms with Gasteiger partial charge < -0.3 is 9.69 Å². The highest BCUT2D eigenvalue weighted by Crippen LogP contribution is 2.31. The molecule has 0 spiro atoms. The molecule has 7 heteroatoms. The van der Waals surface area contributed by atoms with Crippen LogP contribution in [0.2, 0.25) is 0 Å². The summed E-state index contributed by atoms with van der Waals surface area (Å²) < 4.78 is 1.86. The minimum Gasteiger partial charge on any atom is -0.306 e. The Kier molecular flexibility index (Phi) is 4.71. The number of thiazole rings is 1. The Morgan fingerprint density at radius 2 is 2.40 bits per heavy atom. The normalized spacial score (nSPS) is 10.0. The van der Waals surface area contributed by atoms with Gasteiger partial charge in [0.25, 0.3) is 0 Å². The smallest absolute Gasteiger partial charge is 0.306 e. The molecule has 0 atom stereocenters. The van der Waals surface area contributed by atoms with E-state index < -0.39 is 6.03 Å². The molecule has 0 bridgehead atoms. The Bertz CT molecular complexity index is 692. The Hall–Kier alpha value is -1.91. The fraction of sp³-hybridized carbons (Fsp3) is 0.154. The van der Waals surface area contributed by atoms with Crippen LogP contribution in [0.1, 0.15) is 0 Å². The van der Waals surface area contributed by atoms with Gasteiger partial charge in [0.05, 0.1) is 23.3 Å². The molecule has 0 saturated heterocycles. The second-order valence-electron chi connectivity index (χ2n) is 3.79. The third-order valence-electron chi connectivity index (χ3n) is 2.45. The molecule has 1 N–H and O–H groups in total. The highest BCUT2D eigenvalue weighted by molar-refractivity contribution is 9.10. The number of hydrogen-bond donors (Lipinski definition) is 1. The van der Waals surface area contributed by atoms with Crippen molar-refractivity contribution >= 4 is 54.9 Å². The zero-order valence-corrected chi connectivity index (χ0v) is 12.7. The number of nitrogens with zero attached hydrogens (tertiary/aromatic N) is 2. The lowest BCUT2D eigenvalue weighted by Gasteiger charge is -2.16. The zero-order chi connectivity index (χ0) is 14.5. The van der Waals surface area contributed by atoms with Gasteiger partial charge in [-0.3, -0.25) is 5.32 Å². The number of nitrogens with one attached hydrogen (secondary N) is 1. The summed E-state index contributed by atoms with van der Waals surface area (Å²) in [6.45, 7) is 0.0176. The summed E-state index contributed by atoms with van der Waals surface area (Å²) in [5.74, 6) is 2.34. The van der Waals surface area contributed by atoms with Crippen LogP contribution in [0.15, 0.2) is 22.7 Å². The van der Waals surface area contributed by atoms with Crippen molar-refractivity contribution in [3.63, 3.8) is 0 Å². The van der Waals surface area contributed by atoms with Gasteiger partial charge in [-0.1, -0.05) is 23.3 Å². The summed E-state index contributed by atoms with van der Waals surface area (Å²) >= 11 is 4.78. The molecule has 0 saturated carbocycles. The van der Waals surface area contributed by atoms with Crippen molar-refractivity contribution in [2.24, 2.45) is 0 Å². The molecule has 1 aromatic heterocycles. The molecule has 5 nitrogen and oxygen atoms in total. The fourth-order valence-corrected chi connectivity index (χ4v) is 3.02. The van der Waals surface area contributed by atoms with Crippen LogP contribution in [0.3, 0.4) is 0 Å². The molecule has 2 aromatic rings. The van der Waals surface area contributed by atoms with Crippen molar-refractivity contribution in [2.45, 2.75) is 0 Å². The number of amides is 2. The predicted molar refractivity (Wildman–Crippen MR) is 82.8 cm³/mol. The average Bonchev–Trinajstić information content (AvgIpc) is 2.82. The molecular weight excluding hydrogens is 342 g/mol. The monoisotopic (exact) mass is 351 g/mol. The Morgan fingerprint density at radius 1 is 1.60 bits per heavy atom. The quantitative estimate of drug-likeness (QED) is 0.680. The van der Waals surface area contributed by atoms with Crippen LogP contribution in [-0.2, 0) is 4.79 Å². The van der Waals surface area contributed by atoms with Gasteiger partial charge in [0.2, 0.25) is 0 Å². The zero-order valence-electron chi connectivity index (χ0n) is 10.3. The summed E-state index contributed by atoms with van der Waals surface area (Å²) in [6.07, 6.45) is 5.80.